The SMILES string of the molecule is CCNC(=NCc1cc2c(cc1OCC)CC(C)O2)N1CCC2(CCOC2)C1. The molecule has 3 aliphatic heterocycles. The molecule has 28 heavy (non-hydrogen) atoms. The van der Waals surface area contributed by atoms with Gasteiger partial charge >= 0.3 is 0 Å². The molecule has 2 atom stereocenters. The van der Waals surface area contributed by atoms with Crippen molar-refractivity contribution < 1.29 is 14.2 Å². The van der Waals surface area contributed by atoms with Gasteiger partial charge in [-0.25, -0.2) is 4.99 Å². The minimum Gasteiger partial charge on any atom is -0.494 e. The molecule has 3 heterocycles. The number of ether oxygens (including phenoxy) is 3. The molecule has 1 N–H and O–H groups in total. The fourth-order valence-electron chi connectivity index (χ4n) is 4.57. The van der Waals surface area contributed by atoms with Crippen LogP contribution in [0.2, 0.25) is 0 Å². The van der Waals surface area contributed by atoms with Crippen LogP contribution in [0.4, 0.5) is 0 Å². The fraction of sp³-hybridized carbons (Fsp3) is 0.682. The van der Waals surface area contributed by atoms with Crippen LogP contribution in [0.1, 0.15) is 44.7 Å². The third-order valence-corrected chi connectivity index (χ3v) is 6.04. The Morgan fingerprint density at radius 1 is 1.36 bits per heavy atom. The third kappa shape index (κ3) is 3.93. The lowest BCUT2D eigenvalue weighted by molar-refractivity contribution is 0.156. The Kier molecular flexibility index (Phi) is 5.67. The summed E-state index contributed by atoms with van der Waals surface area (Å²) >= 11 is 0. The van der Waals surface area contributed by atoms with Crippen LogP contribution in [0.15, 0.2) is 17.1 Å². The van der Waals surface area contributed by atoms with Crippen LogP contribution in [0.3, 0.4) is 0 Å². The second-order valence-electron chi connectivity index (χ2n) is 8.28. The van der Waals surface area contributed by atoms with Crippen LogP contribution >= 0.6 is 0 Å². The Balaban J connectivity index is 1.53. The molecule has 4 rings (SSSR count). The molecule has 0 aliphatic carbocycles. The van der Waals surface area contributed by atoms with Crippen LogP contribution in [0, 0.1) is 5.41 Å². The molecule has 2 unspecified atom stereocenters. The van der Waals surface area contributed by atoms with E-state index >= 15 is 0 Å². The van der Waals surface area contributed by atoms with Crippen molar-refractivity contribution in [2.24, 2.45) is 10.4 Å². The minimum atomic E-state index is 0.231. The van der Waals surface area contributed by atoms with Gasteiger partial charge in [0, 0.05) is 49.2 Å². The molecule has 0 radical (unpaired) electrons. The molecule has 3 aliphatic rings. The summed E-state index contributed by atoms with van der Waals surface area (Å²) in [5, 5.41) is 3.48. The molecule has 0 amide bonds. The van der Waals surface area contributed by atoms with Crippen molar-refractivity contribution in [2.45, 2.75) is 52.7 Å². The predicted octanol–water partition coefficient (Wildman–Crippen LogP) is 2.99. The number of likely N-dealkylation sites (tertiary alicyclic amines) is 1. The van der Waals surface area contributed by atoms with Crippen molar-refractivity contribution in [3.8, 4) is 11.5 Å². The Bertz CT molecular complexity index is 728. The molecule has 1 spiro atoms. The second-order valence-corrected chi connectivity index (χ2v) is 8.28. The fourth-order valence-corrected chi connectivity index (χ4v) is 4.57. The zero-order valence-electron chi connectivity index (χ0n) is 17.4. The van der Waals surface area contributed by atoms with Crippen LogP contribution < -0.4 is 14.8 Å². The van der Waals surface area contributed by atoms with Gasteiger partial charge < -0.3 is 24.4 Å². The highest BCUT2D eigenvalue weighted by atomic mass is 16.5. The van der Waals surface area contributed by atoms with Crippen LogP contribution in [-0.4, -0.2) is 56.4 Å². The lowest BCUT2D eigenvalue weighted by Crippen LogP contribution is -2.41. The lowest BCUT2D eigenvalue weighted by atomic mass is 9.87. The molecule has 6 heteroatoms. The number of nitrogens with zero attached hydrogens (tertiary/aromatic N) is 2. The monoisotopic (exact) mass is 387 g/mol. The summed E-state index contributed by atoms with van der Waals surface area (Å²) < 4.78 is 17.5. The van der Waals surface area contributed by atoms with Crippen LogP contribution in [-0.2, 0) is 17.7 Å². The number of hydrogen-bond acceptors (Lipinski definition) is 4. The van der Waals surface area contributed by atoms with Crippen molar-refractivity contribution >= 4 is 5.96 Å². The Morgan fingerprint density at radius 2 is 2.25 bits per heavy atom. The quantitative estimate of drug-likeness (QED) is 0.622. The summed E-state index contributed by atoms with van der Waals surface area (Å²) in [6.07, 6.45) is 3.53. The lowest BCUT2D eigenvalue weighted by Gasteiger charge is -2.25. The molecular formula is C22H33N3O3. The second kappa shape index (κ2) is 8.19. The molecular weight excluding hydrogens is 354 g/mol. The van der Waals surface area contributed by atoms with E-state index in [0.717, 1.165) is 68.7 Å². The molecule has 0 bridgehead atoms. The van der Waals surface area contributed by atoms with Gasteiger partial charge in [-0.3, -0.25) is 0 Å². The van der Waals surface area contributed by atoms with Crippen molar-refractivity contribution in [3.05, 3.63) is 23.3 Å². The van der Waals surface area contributed by atoms with Crippen LogP contribution in [0.5, 0.6) is 11.5 Å². The van der Waals surface area contributed by atoms with Crippen molar-refractivity contribution in [1.82, 2.24) is 10.2 Å². The molecule has 6 nitrogen and oxygen atoms in total. The first-order valence-electron chi connectivity index (χ1n) is 10.7. The van der Waals surface area contributed by atoms with Gasteiger partial charge in [0.15, 0.2) is 5.96 Å². The summed E-state index contributed by atoms with van der Waals surface area (Å²) in [5.41, 5.74) is 2.64. The number of guanidine groups is 1. The number of aliphatic imine (C=N–C) groups is 1. The maximum absolute atomic E-state index is 5.95. The number of hydrogen-bond donors (Lipinski definition) is 1. The van der Waals surface area contributed by atoms with E-state index in [1.807, 2.05) is 6.92 Å². The van der Waals surface area contributed by atoms with Gasteiger partial charge in [0.05, 0.1) is 19.8 Å². The predicted molar refractivity (Wildman–Crippen MR) is 110 cm³/mol. The smallest absolute Gasteiger partial charge is 0.194 e. The molecule has 2 saturated heterocycles. The largest absolute Gasteiger partial charge is 0.494 e. The van der Waals surface area contributed by atoms with E-state index in [9.17, 15) is 0 Å². The highest BCUT2D eigenvalue weighted by molar-refractivity contribution is 5.80. The van der Waals surface area contributed by atoms with E-state index in [-0.39, 0.29) is 6.10 Å². The van der Waals surface area contributed by atoms with E-state index in [4.69, 9.17) is 19.2 Å². The van der Waals surface area contributed by atoms with Crippen LogP contribution in [0.25, 0.3) is 0 Å². The van der Waals surface area contributed by atoms with Gasteiger partial charge in [-0.15, -0.1) is 0 Å². The standard InChI is InChI=1S/C22H33N3O3/c1-4-23-21(25-8-6-22(14-25)7-9-26-15-22)24-13-18-12-20-17(10-16(3)28-20)11-19(18)27-5-2/h11-12,16H,4-10,13-15H2,1-3H3,(H,23,24). The van der Waals surface area contributed by atoms with Gasteiger partial charge in [-0.2, -0.15) is 0 Å². The van der Waals surface area contributed by atoms with Gasteiger partial charge in [0.25, 0.3) is 0 Å². The number of fused-ring (bicyclic) bond motifs is 1. The van der Waals surface area contributed by atoms with E-state index < -0.39 is 0 Å². The summed E-state index contributed by atoms with van der Waals surface area (Å²) in [5.74, 6) is 2.90. The summed E-state index contributed by atoms with van der Waals surface area (Å²) in [4.78, 5) is 7.36. The number of rotatable bonds is 5. The van der Waals surface area contributed by atoms with E-state index in [0.29, 0.717) is 18.6 Å². The zero-order chi connectivity index (χ0) is 19.6. The minimum absolute atomic E-state index is 0.231. The van der Waals surface area contributed by atoms with Gasteiger partial charge in [0.2, 0.25) is 0 Å². The van der Waals surface area contributed by atoms with E-state index in [1.165, 1.54) is 12.0 Å². The summed E-state index contributed by atoms with van der Waals surface area (Å²) in [7, 11) is 0. The molecule has 0 aromatic heterocycles. The Hall–Kier alpha value is -1.95. The van der Waals surface area contributed by atoms with Gasteiger partial charge in [0.1, 0.15) is 17.6 Å². The molecule has 1 aromatic rings. The summed E-state index contributed by atoms with van der Waals surface area (Å²) in [6, 6.07) is 4.26. The van der Waals surface area contributed by atoms with E-state index in [2.05, 4.69) is 36.2 Å². The normalized spacial score (nSPS) is 26.6. The Morgan fingerprint density at radius 3 is 3.00 bits per heavy atom. The maximum atomic E-state index is 5.95. The first-order valence-corrected chi connectivity index (χ1v) is 10.7. The zero-order valence-corrected chi connectivity index (χ0v) is 17.4. The van der Waals surface area contributed by atoms with Crippen molar-refractivity contribution in [1.29, 1.82) is 0 Å². The maximum Gasteiger partial charge on any atom is 0.194 e. The molecule has 2 fully saturated rings. The van der Waals surface area contributed by atoms with E-state index in [1.54, 1.807) is 0 Å². The van der Waals surface area contributed by atoms with Gasteiger partial charge in [-0.1, -0.05) is 0 Å². The average Bonchev–Trinajstić information content (AvgIpc) is 3.39. The number of nitrogens with one attached hydrogen (secondary N) is 1. The topological polar surface area (TPSA) is 55.3 Å². The molecule has 154 valence electrons. The average molecular weight is 388 g/mol. The van der Waals surface area contributed by atoms with Crippen molar-refractivity contribution in [2.75, 3.05) is 39.5 Å². The van der Waals surface area contributed by atoms with Gasteiger partial charge in [-0.05, 0) is 45.7 Å². The molecule has 1 aromatic carbocycles. The Labute approximate surface area is 168 Å². The molecule has 0 saturated carbocycles. The third-order valence-electron chi connectivity index (χ3n) is 6.04. The highest BCUT2D eigenvalue weighted by Gasteiger charge is 2.42. The number of benzene rings is 1. The van der Waals surface area contributed by atoms with Crippen molar-refractivity contribution in [3.63, 3.8) is 0 Å². The summed E-state index contributed by atoms with van der Waals surface area (Å²) in [6.45, 7) is 12.2. The highest BCUT2D eigenvalue weighted by Crippen LogP contribution is 2.38. The first kappa shape index (κ1) is 19.4. The first-order chi connectivity index (χ1) is 13.6.